The number of hydrogen-bond donors (Lipinski definition) is 1. The zero-order chi connectivity index (χ0) is 18.0. The molecule has 0 saturated heterocycles. The largest absolute Gasteiger partial charge is 0.673 e. The smallest absolute Gasteiger partial charge is 0.418 e. The molecule has 0 unspecified atom stereocenters. The van der Waals surface area contributed by atoms with E-state index < -0.39 is 27.4 Å². The summed E-state index contributed by atoms with van der Waals surface area (Å²) in [5, 5.41) is 8.52. The molecule has 0 bridgehead atoms. The standard InChI is InChI=1S/C4H10O.3BF4.FH/c1-4(2,3)5;3*2-1(3,4)5;/h5H,1-3H3;;;;1H/q;3*-1;. The number of aliphatic hydroxyl groups is 1. The van der Waals surface area contributed by atoms with Crippen molar-refractivity contribution in [2.45, 2.75) is 26.4 Å². The van der Waals surface area contributed by atoms with Gasteiger partial charge in [0.15, 0.2) is 0 Å². The lowest BCUT2D eigenvalue weighted by molar-refractivity contribution is 0.102. The first-order chi connectivity index (χ1) is 8.00. The van der Waals surface area contributed by atoms with Gasteiger partial charge in [0.25, 0.3) is 0 Å². The maximum Gasteiger partial charge on any atom is 0.673 e. The van der Waals surface area contributed by atoms with Crippen molar-refractivity contribution in [1.82, 2.24) is 0 Å². The maximum absolute atomic E-state index is 9.75. The van der Waals surface area contributed by atoms with Crippen LogP contribution >= 0.6 is 0 Å². The molecule has 0 spiro atoms. The van der Waals surface area contributed by atoms with Crippen molar-refractivity contribution in [2.24, 2.45) is 0 Å². The predicted molar refractivity (Wildman–Crippen MR) is 55.0 cm³/mol. The monoisotopic (exact) mass is 355 g/mol. The molecule has 0 aliphatic carbocycles. The molecular formula is C4H11B3F13O-3. The van der Waals surface area contributed by atoms with Gasteiger partial charge in [-0.05, 0) is 20.8 Å². The van der Waals surface area contributed by atoms with Crippen molar-refractivity contribution in [3.8, 4) is 0 Å². The van der Waals surface area contributed by atoms with E-state index in [4.69, 9.17) is 5.11 Å². The van der Waals surface area contributed by atoms with Gasteiger partial charge < -0.3 is 56.9 Å². The van der Waals surface area contributed by atoms with E-state index >= 15 is 0 Å². The van der Waals surface area contributed by atoms with Gasteiger partial charge >= 0.3 is 21.8 Å². The molecule has 0 heterocycles. The van der Waals surface area contributed by atoms with Crippen LogP contribution in [0.5, 0.6) is 0 Å². The van der Waals surface area contributed by atoms with Crippen LogP contribution in [-0.2, 0) is 0 Å². The van der Waals surface area contributed by atoms with Crippen LogP contribution in [-0.4, -0.2) is 32.5 Å². The van der Waals surface area contributed by atoms with Crippen molar-refractivity contribution in [2.75, 3.05) is 0 Å². The topological polar surface area (TPSA) is 20.2 Å². The molecule has 0 aromatic rings. The number of rotatable bonds is 0. The number of halogens is 13. The van der Waals surface area contributed by atoms with Crippen LogP contribution < -0.4 is 0 Å². The van der Waals surface area contributed by atoms with Gasteiger partial charge in [0.05, 0.1) is 5.60 Å². The lowest BCUT2D eigenvalue weighted by Crippen LogP contribution is -2.10. The minimum Gasteiger partial charge on any atom is -0.418 e. The summed E-state index contributed by atoms with van der Waals surface area (Å²) in [7, 11) is -18.0. The Morgan fingerprint density at radius 1 is 0.524 bits per heavy atom. The van der Waals surface area contributed by atoms with E-state index in [1.54, 1.807) is 20.8 Å². The number of hydrogen-bond acceptors (Lipinski definition) is 1. The van der Waals surface area contributed by atoms with E-state index in [1.807, 2.05) is 0 Å². The molecule has 0 atom stereocenters. The van der Waals surface area contributed by atoms with Crippen molar-refractivity contribution >= 4 is 21.8 Å². The third-order valence-corrected chi connectivity index (χ3v) is 0. The molecule has 0 saturated carbocycles. The van der Waals surface area contributed by atoms with Crippen LogP contribution in [0.2, 0.25) is 0 Å². The Balaban J connectivity index is -0.0000000533. The summed E-state index contributed by atoms with van der Waals surface area (Å²) in [5.74, 6) is 0. The quantitative estimate of drug-likeness (QED) is 0.488. The molecule has 0 radical (unpaired) electrons. The maximum atomic E-state index is 9.75. The van der Waals surface area contributed by atoms with Gasteiger partial charge in [-0.2, -0.15) is 0 Å². The second-order valence-corrected chi connectivity index (χ2v) is 3.66. The minimum atomic E-state index is -6.00. The van der Waals surface area contributed by atoms with E-state index in [0.29, 0.717) is 0 Å². The summed E-state index contributed by atoms with van der Waals surface area (Å²) < 4.78 is 117. The third kappa shape index (κ3) is 10000. The van der Waals surface area contributed by atoms with E-state index in [0.717, 1.165) is 0 Å². The molecule has 0 aliphatic rings. The zero-order valence-corrected chi connectivity index (χ0v) is 10.6. The Labute approximate surface area is 111 Å². The lowest BCUT2D eigenvalue weighted by atomic mass is 10.2. The second-order valence-electron chi connectivity index (χ2n) is 3.66. The average molecular weight is 355 g/mol. The highest BCUT2D eigenvalue weighted by atomic mass is 19.5. The third-order valence-electron chi connectivity index (χ3n) is 0. The van der Waals surface area contributed by atoms with Crippen molar-refractivity contribution in [3.05, 3.63) is 0 Å². The molecule has 0 aromatic heterocycles. The lowest BCUT2D eigenvalue weighted by Gasteiger charge is -2.04. The van der Waals surface area contributed by atoms with Crippen LogP contribution in [0.15, 0.2) is 0 Å². The molecule has 0 rings (SSSR count). The summed E-state index contributed by atoms with van der Waals surface area (Å²) in [4.78, 5) is 0. The van der Waals surface area contributed by atoms with E-state index in [9.17, 15) is 51.8 Å². The van der Waals surface area contributed by atoms with Crippen LogP contribution in [0, 0.1) is 0 Å². The van der Waals surface area contributed by atoms with Crippen molar-refractivity contribution in [1.29, 1.82) is 0 Å². The Morgan fingerprint density at radius 2 is 0.524 bits per heavy atom. The molecule has 17 heteroatoms. The van der Waals surface area contributed by atoms with E-state index in [2.05, 4.69) is 0 Å². The van der Waals surface area contributed by atoms with E-state index in [-0.39, 0.29) is 4.70 Å². The molecule has 0 fully saturated rings. The van der Waals surface area contributed by atoms with Crippen LogP contribution in [0.25, 0.3) is 0 Å². The Morgan fingerprint density at radius 3 is 0.524 bits per heavy atom. The van der Waals surface area contributed by atoms with Crippen LogP contribution in [0.4, 0.5) is 56.5 Å². The molecule has 0 aromatic carbocycles. The summed E-state index contributed by atoms with van der Waals surface area (Å²) in [6.07, 6.45) is 0. The predicted octanol–water partition coefficient (Wildman–Crippen LogP) is 4.83. The zero-order valence-electron chi connectivity index (χ0n) is 10.6. The molecule has 0 aliphatic heterocycles. The van der Waals surface area contributed by atoms with Gasteiger partial charge in [-0.1, -0.05) is 0 Å². The summed E-state index contributed by atoms with van der Waals surface area (Å²) >= 11 is 0. The second kappa shape index (κ2) is 11.9. The van der Waals surface area contributed by atoms with Gasteiger partial charge in [0.1, 0.15) is 0 Å². The Hall–Kier alpha value is -0.755. The first kappa shape index (κ1) is 32.3. The van der Waals surface area contributed by atoms with Gasteiger partial charge in [0.2, 0.25) is 0 Å². The Bertz CT molecular complexity index is 141. The first-order valence-corrected chi connectivity index (χ1v) is 4.34. The molecule has 1 nitrogen and oxygen atoms in total. The highest BCUT2D eigenvalue weighted by Gasteiger charge is 2.21. The highest BCUT2D eigenvalue weighted by molar-refractivity contribution is 6.50. The van der Waals surface area contributed by atoms with Crippen LogP contribution in [0.1, 0.15) is 20.8 Å². The van der Waals surface area contributed by atoms with Gasteiger partial charge in [0, 0.05) is 0 Å². The fourth-order valence-electron chi connectivity index (χ4n) is 0. The summed E-state index contributed by atoms with van der Waals surface area (Å²) in [6, 6.07) is 0. The van der Waals surface area contributed by atoms with Crippen molar-refractivity contribution in [3.63, 3.8) is 0 Å². The first-order valence-electron chi connectivity index (χ1n) is 4.34. The minimum absolute atomic E-state index is 0. The molecule has 0 amide bonds. The van der Waals surface area contributed by atoms with Gasteiger partial charge in [-0.3, -0.25) is 4.70 Å². The fraction of sp³-hybridized carbons (Fsp3) is 1.00. The highest BCUT2D eigenvalue weighted by Crippen LogP contribution is 2.07. The van der Waals surface area contributed by atoms with Crippen LogP contribution in [0.3, 0.4) is 0 Å². The van der Waals surface area contributed by atoms with Crippen molar-refractivity contribution < 1.29 is 61.6 Å². The Kier molecular flexibility index (Phi) is 18.2. The molecule has 21 heavy (non-hydrogen) atoms. The van der Waals surface area contributed by atoms with E-state index in [1.165, 1.54) is 0 Å². The average Bonchev–Trinajstić information content (AvgIpc) is 1.62. The summed E-state index contributed by atoms with van der Waals surface area (Å²) in [6.45, 7) is 5.23. The fourth-order valence-corrected chi connectivity index (χ4v) is 0. The normalized spacial score (nSPS) is 11.4. The van der Waals surface area contributed by atoms with Gasteiger partial charge in [-0.25, -0.2) is 0 Å². The SMILES string of the molecule is CC(C)(C)O.F.F[B-](F)(F)F.F[B-](F)(F)F.F[B-](F)(F)F. The molecule has 1 N–H and O–H groups in total. The summed E-state index contributed by atoms with van der Waals surface area (Å²) in [5.41, 5.74) is -0.500. The van der Waals surface area contributed by atoms with Gasteiger partial charge in [-0.15, -0.1) is 0 Å². The molecule has 136 valence electrons. The molecular weight excluding hydrogens is 343 g/mol.